The lowest BCUT2D eigenvalue weighted by Crippen LogP contribution is -2.37. The lowest BCUT2D eigenvalue weighted by molar-refractivity contribution is 0.0681. The average Bonchev–Trinajstić information content (AvgIpc) is 2.36. The van der Waals surface area contributed by atoms with Crippen molar-refractivity contribution >= 4 is 22.6 Å². The van der Waals surface area contributed by atoms with Crippen molar-refractivity contribution in [3.63, 3.8) is 0 Å². The van der Waals surface area contributed by atoms with E-state index in [1.165, 1.54) is 25.7 Å². The Bertz CT molecular complexity index is 187. The third-order valence-electron chi connectivity index (χ3n) is 3.64. The summed E-state index contributed by atoms with van der Waals surface area (Å²) in [5, 5.41) is 0. The first kappa shape index (κ1) is 8.33. The van der Waals surface area contributed by atoms with Gasteiger partial charge in [0.25, 0.3) is 0 Å². The quantitative estimate of drug-likeness (QED) is 0.499. The minimum Gasteiger partial charge on any atom is -0.0783 e. The summed E-state index contributed by atoms with van der Waals surface area (Å²) >= 11 is 2.70. The van der Waals surface area contributed by atoms with Gasteiger partial charge in [-0.15, -0.1) is 0 Å². The van der Waals surface area contributed by atoms with Crippen LogP contribution in [0.5, 0.6) is 0 Å². The highest BCUT2D eigenvalue weighted by atomic mass is 127. The van der Waals surface area contributed by atoms with E-state index in [1.54, 1.807) is 0 Å². The molecule has 1 spiro atoms. The Kier molecular flexibility index (Phi) is 1.49. The zero-order chi connectivity index (χ0) is 8.33. The Balaban J connectivity index is 2.02. The van der Waals surface area contributed by atoms with Crippen LogP contribution < -0.4 is 0 Å². The normalized spacial score (nSPS) is 43.6. The summed E-state index contributed by atoms with van der Waals surface area (Å²) in [7, 11) is 0. The minimum atomic E-state index is 0.669. The molecule has 11 heavy (non-hydrogen) atoms. The Morgan fingerprint density at radius 3 is 2.00 bits per heavy atom. The van der Waals surface area contributed by atoms with E-state index in [9.17, 15) is 0 Å². The van der Waals surface area contributed by atoms with Gasteiger partial charge in [-0.1, -0.05) is 43.4 Å². The van der Waals surface area contributed by atoms with Crippen LogP contribution >= 0.6 is 22.6 Å². The highest BCUT2D eigenvalue weighted by molar-refractivity contribution is 14.1. The van der Waals surface area contributed by atoms with Crippen LogP contribution in [0.3, 0.4) is 0 Å². The minimum absolute atomic E-state index is 0.669. The maximum absolute atomic E-state index is 2.70. The van der Waals surface area contributed by atoms with Gasteiger partial charge >= 0.3 is 0 Å². The topological polar surface area (TPSA) is 0 Å². The Morgan fingerprint density at radius 1 is 1.18 bits per heavy atom. The molecule has 2 saturated carbocycles. The molecule has 0 bridgehead atoms. The van der Waals surface area contributed by atoms with Crippen LogP contribution in [0.25, 0.3) is 0 Å². The van der Waals surface area contributed by atoms with Gasteiger partial charge in [-0.2, -0.15) is 0 Å². The maximum Gasteiger partial charge on any atom is 0.0282 e. The number of alkyl halides is 1. The van der Waals surface area contributed by atoms with E-state index in [1.807, 2.05) is 0 Å². The molecule has 0 radical (unpaired) electrons. The molecule has 0 aromatic rings. The second-order valence-electron chi connectivity index (χ2n) is 5.29. The molecule has 0 amide bonds. The molecule has 2 rings (SSSR count). The molecule has 0 aromatic carbocycles. The molecule has 0 N–H and O–H groups in total. The molecule has 0 unspecified atom stereocenters. The fourth-order valence-corrected chi connectivity index (χ4v) is 4.33. The summed E-state index contributed by atoms with van der Waals surface area (Å²) in [5.74, 6) is 0. The molecule has 2 aliphatic rings. The molecular formula is C10H17I. The van der Waals surface area contributed by atoms with E-state index in [0.29, 0.717) is 8.84 Å². The summed E-state index contributed by atoms with van der Waals surface area (Å²) in [6.45, 7) is 7.15. The van der Waals surface area contributed by atoms with Gasteiger partial charge in [0, 0.05) is 3.42 Å². The summed E-state index contributed by atoms with van der Waals surface area (Å²) in [5.41, 5.74) is 1.47. The molecule has 2 fully saturated rings. The van der Waals surface area contributed by atoms with Crippen molar-refractivity contribution in [2.75, 3.05) is 0 Å². The molecule has 0 aromatic heterocycles. The van der Waals surface area contributed by atoms with Crippen LogP contribution in [0.4, 0.5) is 0 Å². The lowest BCUT2D eigenvalue weighted by Gasteiger charge is -2.45. The van der Waals surface area contributed by atoms with Crippen LogP contribution in [0, 0.1) is 10.8 Å². The van der Waals surface area contributed by atoms with Crippen LogP contribution in [-0.2, 0) is 0 Å². The SMILES string of the molecule is CC[C@]1(I)CC12CC(C)(C)C2. The summed E-state index contributed by atoms with van der Waals surface area (Å²) in [6.07, 6.45) is 5.84. The molecule has 64 valence electrons. The van der Waals surface area contributed by atoms with Crippen molar-refractivity contribution < 1.29 is 0 Å². The largest absolute Gasteiger partial charge is 0.0783 e. The summed E-state index contributed by atoms with van der Waals surface area (Å²) in [4.78, 5) is 0. The molecule has 0 nitrogen and oxygen atoms in total. The lowest BCUT2D eigenvalue weighted by atomic mass is 9.61. The summed E-state index contributed by atoms with van der Waals surface area (Å²) < 4.78 is 0.709. The third kappa shape index (κ3) is 0.991. The highest BCUT2D eigenvalue weighted by Gasteiger charge is 2.71. The Hall–Kier alpha value is 0.730. The maximum atomic E-state index is 2.70. The van der Waals surface area contributed by atoms with Crippen molar-refractivity contribution in [1.82, 2.24) is 0 Å². The number of rotatable bonds is 1. The van der Waals surface area contributed by atoms with Crippen molar-refractivity contribution in [3.8, 4) is 0 Å². The number of hydrogen-bond acceptors (Lipinski definition) is 0. The molecule has 1 heteroatoms. The first-order valence-corrected chi connectivity index (χ1v) is 5.70. The van der Waals surface area contributed by atoms with E-state index in [0.717, 1.165) is 5.41 Å². The molecule has 0 heterocycles. The van der Waals surface area contributed by atoms with Crippen LogP contribution in [0.1, 0.15) is 46.5 Å². The predicted molar refractivity (Wildman–Crippen MR) is 57.1 cm³/mol. The third-order valence-corrected chi connectivity index (χ3v) is 5.93. The van der Waals surface area contributed by atoms with Crippen LogP contribution in [0.15, 0.2) is 0 Å². The zero-order valence-electron chi connectivity index (χ0n) is 7.71. The molecule has 0 saturated heterocycles. The van der Waals surface area contributed by atoms with Crippen LogP contribution in [-0.4, -0.2) is 3.42 Å². The summed E-state index contributed by atoms with van der Waals surface area (Å²) in [6, 6.07) is 0. The van der Waals surface area contributed by atoms with Crippen molar-refractivity contribution in [3.05, 3.63) is 0 Å². The first-order valence-electron chi connectivity index (χ1n) is 4.62. The Morgan fingerprint density at radius 2 is 1.73 bits per heavy atom. The standard InChI is InChI=1S/C10H17I/c1-4-10(11)7-9(10)5-8(2,3)6-9/h4-7H2,1-3H3/t10-/m0/s1. The fourth-order valence-electron chi connectivity index (χ4n) is 3.21. The Labute approximate surface area is 83.3 Å². The number of hydrogen-bond donors (Lipinski definition) is 0. The van der Waals surface area contributed by atoms with Gasteiger partial charge in [0.05, 0.1) is 0 Å². The van der Waals surface area contributed by atoms with E-state index < -0.39 is 0 Å². The van der Waals surface area contributed by atoms with Gasteiger partial charge in [0.1, 0.15) is 0 Å². The average molecular weight is 264 g/mol. The van der Waals surface area contributed by atoms with Gasteiger partial charge in [0.2, 0.25) is 0 Å². The first-order chi connectivity index (χ1) is 4.93. The van der Waals surface area contributed by atoms with Gasteiger partial charge in [-0.25, -0.2) is 0 Å². The second kappa shape index (κ2) is 1.97. The second-order valence-corrected chi connectivity index (χ2v) is 7.36. The van der Waals surface area contributed by atoms with Gasteiger partial charge in [-0.3, -0.25) is 0 Å². The smallest absolute Gasteiger partial charge is 0.0282 e. The van der Waals surface area contributed by atoms with Gasteiger partial charge < -0.3 is 0 Å². The highest BCUT2D eigenvalue weighted by Crippen LogP contribution is 2.78. The fraction of sp³-hybridized carbons (Fsp3) is 1.00. The van der Waals surface area contributed by atoms with E-state index in [2.05, 4.69) is 43.4 Å². The van der Waals surface area contributed by atoms with Crippen molar-refractivity contribution in [1.29, 1.82) is 0 Å². The zero-order valence-corrected chi connectivity index (χ0v) is 9.86. The van der Waals surface area contributed by atoms with E-state index in [4.69, 9.17) is 0 Å². The van der Waals surface area contributed by atoms with E-state index >= 15 is 0 Å². The van der Waals surface area contributed by atoms with E-state index in [-0.39, 0.29) is 0 Å². The monoisotopic (exact) mass is 264 g/mol. The molecular weight excluding hydrogens is 247 g/mol. The molecule has 1 atom stereocenters. The van der Waals surface area contributed by atoms with Crippen LogP contribution in [0.2, 0.25) is 0 Å². The van der Waals surface area contributed by atoms with Crippen molar-refractivity contribution in [2.24, 2.45) is 10.8 Å². The van der Waals surface area contributed by atoms with Gasteiger partial charge in [-0.05, 0) is 36.5 Å². The predicted octanol–water partition coefficient (Wildman–Crippen LogP) is 3.78. The molecule has 2 aliphatic carbocycles. The van der Waals surface area contributed by atoms with Crippen molar-refractivity contribution in [2.45, 2.75) is 49.9 Å². The molecule has 0 aliphatic heterocycles. The number of halogens is 1. The van der Waals surface area contributed by atoms with Gasteiger partial charge in [0.15, 0.2) is 0 Å².